The van der Waals surface area contributed by atoms with E-state index in [-0.39, 0.29) is 18.4 Å². The maximum Gasteiger partial charge on any atom is 0.257 e. The Bertz CT molecular complexity index is 798. The Morgan fingerprint density at radius 3 is 1.96 bits per heavy atom. The molecule has 3 aromatic rings. The molecule has 0 aliphatic heterocycles. The molecule has 0 bridgehead atoms. The molecule has 0 aromatic heterocycles. The van der Waals surface area contributed by atoms with Crippen molar-refractivity contribution in [2.75, 3.05) is 13.2 Å². The first-order valence-electron chi connectivity index (χ1n) is 8.48. The number of halogens is 1. The van der Waals surface area contributed by atoms with Gasteiger partial charge in [-0.2, -0.15) is 0 Å². The maximum atomic E-state index is 12.2. The van der Waals surface area contributed by atoms with E-state index < -0.39 is 0 Å². The van der Waals surface area contributed by atoms with Crippen LogP contribution in [0.1, 0.15) is 17.0 Å². The van der Waals surface area contributed by atoms with Crippen molar-refractivity contribution < 1.29 is 9.53 Å². The van der Waals surface area contributed by atoms with Gasteiger partial charge >= 0.3 is 0 Å². The number of hydrogen-bond acceptors (Lipinski definition) is 2. The van der Waals surface area contributed by atoms with Crippen LogP contribution in [0, 0.1) is 0 Å². The number of carbonyl (C=O) groups is 1. The summed E-state index contributed by atoms with van der Waals surface area (Å²) in [6, 6.07) is 27.4. The lowest BCUT2D eigenvalue weighted by molar-refractivity contribution is -0.123. The highest BCUT2D eigenvalue weighted by Crippen LogP contribution is 2.24. The first-order valence-corrected chi connectivity index (χ1v) is 8.86. The van der Waals surface area contributed by atoms with Crippen molar-refractivity contribution in [2.24, 2.45) is 0 Å². The van der Waals surface area contributed by atoms with Gasteiger partial charge < -0.3 is 10.1 Å². The summed E-state index contributed by atoms with van der Waals surface area (Å²) in [6.07, 6.45) is 0. The summed E-state index contributed by atoms with van der Waals surface area (Å²) in [7, 11) is 0. The van der Waals surface area contributed by atoms with Crippen molar-refractivity contribution in [3.63, 3.8) is 0 Å². The van der Waals surface area contributed by atoms with Crippen LogP contribution >= 0.6 is 11.6 Å². The van der Waals surface area contributed by atoms with Crippen molar-refractivity contribution in [1.29, 1.82) is 0 Å². The average Bonchev–Trinajstić information content (AvgIpc) is 2.69. The topological polar surface area (TPSA) is 38.3 Å². The maximum absolute atomic E-state index is 12.2. The van der Waals surface area contributed by atoms with Gasteiger partial charge in [0.2, 0.25) is 0 Å². The van der Waals surface area contributed by atoms with Gasteiger partial charge in [0.25, 0.3) is 5.91 Å². The highest BCUT2D eigenvalue weighted by Gasteiger charge is 2.15. The first-order chi connectivity index (χ1) is 12.7. The van der Waals surface area contributed by atoms with Crippen LogP contribution in [0.25, 0.3) is 0 Å². The summed E-state index contributed by atoms with van der Waals surface area (Å²) in [6.45, 7) is 0.429. The Morgan fingerprint density at radius 1 is 0.846 bits per heavy atom. The molecule has 1 amide bonds. The quantitative estimate of drug-likeness (QED) is 0.661. The van der Waals surface area contributed by atoms with Crippen molar-refractivity contribution >= 4 is 17.5 Å². The minimum atomic E-state index is -0.179. The summed E-state index contributed by atoms with van der Waals surface area (Å²) < 4.78 is 5.50. The molecule has 3 nitrogen and oxygen atoms in total. The molecule has 0 saturated carbocycles. The van der Waals surface area contributed by atoms with Crippen LogP contribution in [-0.4, -0.2) is 19.1 Å². The van der Waals surface area contributed by atoms with Crippen molar-refractivity contribution in [3.8, 4) is 5.75 Å². The molecule has 132 valence electrons. The molecule has 0 saturated heterocycles. The number of amides is 1. The predicted octanol–water partition coefficient (Wildman–Crippen LogP) is 4.67. The zero-order valence-electron chi connectivity index (χ0n) is 14.3. The molecule has 26 heavy (non-hydrogen) atoms. The number of nitrogens with one attached hydrogen (secondary N) is 1. The minimum absolute atomic E-state index is 0.0694. The zero-order valence-corrected chi connectivity index (χ0v) is 15.0. The van der Waals surface area contributed by atoms with Crippen LogP contribution in [0.3, 0.4) is 0 Å². The van der Waals surface area contributed by atoms with E-state index in [2.05, 4.69) is 29.6 Å². The molecule has 0 heterocycles. The van der Waals surface area contributed by atoms with Crippen LogP contribution < -0.4 is 10.1 Å². The molecule has 0 aliphatic rings. The highest BCUT2D eigenvalue weighted by atomic mass is 35.5. The number of ether oxygens (including phenoxy) is 1. The highest BCUT2D eigenvalue weighted by molar-refractivity contribution is 6.32. The summed E-state index contributed by atoms with van der Waals surface area (Å²) in [5.74, 6) is 0.412. The SMILES string of the molecule is O=C(COc1ccccc1Cl)NCC(c1ccccc1)c1ccccc1. The standard InChI is InChI=1S/C22H20ClNO2/c23-20-13-7-8-14-21(20)26-16-22(25)24-15-19(17-9-3-1-4-10-17)18-11-5-2-6-12-18/h1-14,19H,15-16H2,(H,24,25). The lowest BCUT2D eigenvalue weighted by atomic mass is 9.91. The Hall–Kier alpha value is -2.78. The smallest absolute Gasteiger partial charge is 0.257 e. The number of hydrogen-bond donors (Lipinski definition) is 1. The summed E-state index contributed by atoms with van der Waals surface area (Å²) in [4.78, 5) is 12.2. The van der Waals surface area contributed by atoms with Crippen LogP contribution in [0.15, 0.2) is 84.9 Å². The Kier molecular flexibility index (Phi) is 6.29. The van der Waals surface area contributed by atoms with E-state index in [0.717, 1.165) is 11.1 Å². The molecule has 0 radical (unpaired) electrons. The molecule has 1 N–H and O–H groups in total. The van der Waals surface area contributed by atoms with E-state index in [1.165, 1.54) is 0 Å². The molecule has 0 atom stereocenters. The summed E-state index contributed by atoms with van der Waals surface area (Å²) in [5.41, 5.74) is 2.32. The molecular formula is C22H20ClNO2. The van der Waals surface area contributed by atoms with E-state index in [0.29, 0.717) is 17.3 Å². The van der Waals surface area contributed by atoms with Gasteiger partial charge in [-0.1, -0.05) is 84.4 Å². The third-order valence-corrected chi connectivity index (χ3v) is 4.41. The Balaban J connectivity index is 1.63. The van der Waals surface area contributed by atoms with Crippen LogP contribution in [0.4, 0.5) is 0 Å². The fraction of sp³-hybridized carbons (Fsp3) is 0.136. The van der Waals surface area contributed by atoms with Crippen LogP contribution in [0.2, 0.25) is 5.02 Å². The molecule has 0 spiro atoms. The second-order valence-corrected chi connectivity index (χ2v) is 6.30. The van der Waals surface area contributed by atoms with Crippen molar-refractivity contribution in [1.82, 2.24) is 5.32 Å². The average molecular weight is 366 g/mol. The van der Waals surface area contributed by atoms with Crippen LogP contribution in [-0.2, 0) is 4.79 Å². The monoisotopic (exact) mass is 365 g/mol. The van der Waals surface area contributed by atoms with E-state index in [9.17, 15) is 4.79 Å². The Labute approximate surface area is 158 Å². The minimum Gasteiger partial charge on any atom is -0.482 e. The number of rotatable bonds is 7. The molecule has 0 fully saturated rings. The second-order valence-electron chi connectivity index (χ2n) is 5.90. The third-order valence-electron chi connectivity index (χ3n) is 4.10. The van der Waals surface area contributed by atoms with Gasteiger partial charge in [-0.3, -0.25) is 4.79 Å². The van der Waals surface area contributed by atoms with Gasteiger partial charge in [-0.15, -0.1) is 0 Å². The van der Waals surface area contributed by atoms with Gasteiger partial charge in [-0.05, 0) is 23.3 Å². The first kappa shape index (κ1) is 18.0. The lowest BCUT2D eigenvalue weighted by Crippen LogP contribution is -2.32. The fourth-order valence-corrected chi connectivity index (χ4v) is 2.96. The molecule has 4 heteroatoms. The van der Waals surface area contributed by atoms with Gasteiger partial charge in [0.05, 0.1) is 5.02 Å². The molecule has 0 unspecified atom stereocenters. The summed E-state index contributed by atoms with van der Waals surface area (Å²) in [5, 5.41) is 3.45. The largest absolute Gasteiger partial charge is 0.482 e. The zero-order chi connectivity index (χ0) is 18.2. The van der Waals surface area contributed by atoms with Gasteiger partial charge in [0, 0.05) is 12.5 Å². The fourth-order valence-electron chi connectivity index (χ4n) is 2.77. The van der Waals surface area contributed by atoms with E-state index >= 15 is 0 Å². The summed E-state index contributed by atoms with van der Waals surface area (Å²) >= 11 is 6.04. The predicted molar refractivity (Wildman–Crippen MR) is 105 cm³/mol. The third kappa shape index (κ3) is 4.87. The van der Waals surface area contributed by atoms with Crippen molar-refractivity contribution in [3.05, 3.63) is 101 Å². The molecule has 3 aromatic carbocycles. The van der Waals surface area contributed by atoms with E-state index in [4.69, 9.17) is 16.3 Å². The van der Waals surface area contributed by atoms with Crippen LogP contribution in [0.5, 0.6) is 5.75 Å². The molecule has 3 rings (SSSR count). The van der Waals surface area contributed by atoms with Crippen molar-refractivity contribution in [2.45, 2.75) is 5.92 Å². The van der Waals surface area contributed by atoms with Gasteiger partial charge in [-0.25, -0.2) is 0 Å². The van der Waals surface area contributed by atoms with E-state index in [1.807, 2.05) is 48.5 Å². The number of benzene rings is 3. The number of para-hydroxylation sites is 1. The lowest BCUT2D eigenvalue weighted by Gasteiger charge is -2.19. The second kappa shape index (κ2) is 9.07. The molecular weight excluding hydrogens is 346 g/mol. The number of carbonyl (C=O) groups excluding carboxylic acids is 1. The Morgan fingerprint density at radius 2 is 1.38 bits per heavy atom. The van der Waals surface area contributed by atoms with Gasteiger partial charge in [0.1, 0.15) is 5.75 Å². The van der Waals surface area contributed by atoms with E-state index in [1.54, 1.807) is 12.1 Å². The normalized spacial score (nSPS) is 10.5. The van der Waals surface area contributed by atoms with Gasteiger partial charge in [0.15, 0.2) is 6.61 Å². The molecule has 0 aliphatic carbocycles.